The summed E-state index contributed by atoms with van der Waals surface area (Å²) in [7, 11) is 0. The minimum absolute atomic E-state index is 0.210. The maximum atomic E-state index is 10.5. The molecule has 1 aromatic heterocycles. The molecule has 0 unspecified atom stereocenters. The van der Waals surface area contributed by atoms with Gasteiger partial charge in [-0.3, -0.25) is 4.79 Å². The van der Waals surface area contributed by atoms with E-state index in [9.17, 15) is 4.79 Å². The van der Waals surface area contributed by atoms with Crippen molar-refractivity contribution in [3.63, 3.8) is 0 Å². The van der Waals surface area contributed by atoms with Gasteiger partial charge in [-0.25, -0.2) is 0 Å². The topological polar surface area (TPSA) is 68.0 Å². The number of nitrogens with zero attached hydrogens (tertiary/aromatic N) is 3. The molecule has 1 saturated carbocycles. The first-order valence-electron chi connectivity index (χ1n) is 5.80. The number of carboxylic acid groups (broad SMARTS) is 1. The fraction of sp³-hybridized carbons (Fsp3) is 0.727. The van der Waals surface area contributed by atoms with E-state index in [2.05, 4.69) is 14.8 Å². The number of hydrogen-bond donors (Lipinski definition) is 1. The molecule has 1 N–H and O–H groups in total. The summed E-state index contributed by atoms with van der Waals surface area (Å²) >= 11 is 0. The van der Waals surface area contributed by atoms with Crippen LogP contribution in [0.1, 0.15) is 49.7 Å². The summed E-state index contributed by atoms with van der Waals surface area (Å²) in [5.41, 5.74) is 0. The van der Waals surface area contributed by atoms with Gasteiger partial charge < -0.3 is 9.67 Å². The van der Waals surface area contributed by atoms with Crippen molar-refractivity contribution in [3.05, 3.63) is 11.6 Å². The van der Waals surface area contributed by atoms with E-state index >= 15 is 0 Å². The Morgan fingerprint density at radius 2 is 2.25 bits per heavy atom. The maximum Gasteiger partial charge on any atom is 0.303 e. The van der Waals surface area contributed by atoms with E-state index < -0.39 is 5.97 Å². The second-order valence-electron chi connectivity index (χ2n) is 4.38. The lowest BCUT2D eigenvalue weighted by atomic mass is 9.85. The van der Waals surface area contributed by atoms with Crippen molar-refractivity contribution in [1.29, 1.82) is 0 Å². The molecular formula is C11H17N3O2. The molecule has 5 heteroatoms. The van der Waals surface area contributed by atoms with Crippen LogP contribution in [0.25, 0.3) is 0 Å². The highest BCUT2D eigenvalue weighted by Gasteiger charge is 2.25. The second kappa shape index (κ2) is 4.63. The molecule has 1 aliphatic carbocycles. The number of aryl methyl sites for hydroxylation is 1. The first kappa shape index (κ1) is 11.1. The monoisotopic (exact) mass is 223 g/mol. The van der Waals surface area contributed by atoms with Crippen LogP contribution in [0.4, 0.5) is 0 Å². The summed E-state index contributed by atoms with van der Waals surface area (Å²) in [5.74, 6) is 1.75. The molecule has 0 aliphatic heterocycles. The van der Waals surface area contributed by atoms with Crippen LogP contribution in [0.2, 0.25) is 0 Å². The van der Waals surface area contributed by atoms with Crippen LogP contribution in [0, 0.1) is 6.92 Å². The quantitative estimate of drug-likeness (QED) is 0.825. The van der Waals surface area contributed by atoms with Gasteiger partial charge in [-0.05, 0) is 26.2 Å². The molecule has 88 valence electrons. The zero-order chi connectivity index (χ0) is 11.5. The number of carboxylic acids is 1. The predicted octanol–water partition coefficient (Wildman–Crippen LogP) is 1.72. The summed E-state index contributed by atoms with van der Waals surface area (Å²) in [6.07, 6.45) is 4.51. The van der Waals surface area contributed by atoms with Crippen molar-refractivity contribution in [2.75, 3.05) is 0 Å². The first-order chi connectivity index (χ1) is 7.68. The average molecular weight is 223 g/mol. The average Bonchev–Trinajstić information content (AvgIpc) is 2.46. The standard InChI is InChI=1S/C11H17N3O2/c1-8-12-13-11(9-4-2-5-9)14(8)7-3-6-10(15)16/h9H,2-7H2,1H3,(H,15,16). The Morgan fingerprint density at radius 1 is 1.50 bits per heavy atom. The molecule has 0 atom stereocenters. The summed E-state index contributed by atoms with van der Waals surface area (Å²) in [6, 6.07) is 0. The van der Waals surface area contributed by atoms with Gasteiger partial charge in [0.25, 0.3) is 0 Å². The zero-order valence-corrected chi connectivity index (χ0v) is 9.52. The Labute approximate surface area is 94.5 Å². The molecule has 0 bridgehead atoms. The minimum Gasteiger partial charge on any atom is -0.481 e. The van der Waals surface area contributed by atoms with E-state index in [1.54, 1.807) is 0 Å². The van der Waals surface area contributed by atoms with Gasteiger partial charge in [-0.2, -0.15) is 0 Å². The van der Waals surface area contributed by atoms with Gasteiger partial charge in [-0.15, -0.1) is 10.2 Å². The largest absolute Gasteiger partial charge is 0.481 e. The molecular weight excluding hydrogens is 206 g/mol. The van der Waals surface area contributed by atoms with Gasteiger partial charge in [0, 0.05) is 18.9 Å². The Kier molecular flexibility index (Phi) is 3.22. The summed E-state index contributed by atoms with van der Waals surface area (Å²) in [5, 5.41) is 16.9. The Morgan fingerprint density at radius 3 is 2.81 bits per heavy atom. The van der Waals surface area contributed by atoms with Crippen molar-refractivity contribution >= 4 is 5.97 Å². The number of rotatable bonds is 5. The van der Waals surface area contributed by atoms with Gasteiger partial charge in [0.2, 0.25) is 0 Å². The van der Waals surface area contributed by atoms with Gasteiger partial charge in [-0.1, -0.05) is 6.42 Å². The van der Waals surface area contributed by atoms with E-state index in [1.165, 1.54) is 19.3 Å². The molecule has 0 aromatic carbocycles. The van der Waals surface area contributed by atoms with Crippen LogP contribution < -0.4 is 0 Å². The third-order valence-corrected chi connectivity index (χ3v) is 3.21. The van der Waals surface area contributed by atoms with Gasteiger partial charge in [0.15, 0.2) is 0 Å². The Balaban J connectivity index is 2.00. The maximum absolute atomic E-state index is 10.5. The first-order valence-corrected chi connectivity index (χ1v) is 5.80. The molecule has 1 aliphatic rings. The van der Waals surface area contributed by atoms with Crippen molar-refractivity contribution in [2.45, 2.75) is 51.5 Å². The number of carbonyl (C=O) groups is 1. The smallest absolute Gasteiger partial charge is 0.303 e. The summed E-state index contributed by atoms with van der Waals surface area (Å²) < 4.78 is 2.08. The molecule has 0 amide bonds. The Bertz CT molecular complexity index is 383. The minimum atomic E-state index is -0.740. The molecule has 1 heterocycles. The molecule has 2 rings (SSSR count). The SMILES string of the molecule is Cc1nnc(C2CCC2)n1CCCC(=O)O. The third-order valence-electron chi connectivity index (χ3n) is 3.21. The lowest BCUT2D eigenvalue weighted by Crippen LogP contribution is -2.16. The van der Waals surface area contributed by atoms with Crippen molar-refractivity contribution < 1.29 is 9.90 Å². The van der Waals surface area contributed by atoms with Crippen LogP contribution >= 0.6 is 0 Å². The van der Waals surface area contributed by atoms with Crippen molar-refractivity contribution in [1.82, 2.24) is 14.8 Å². The summed E-state index contributed by atoms with van der Waals surface area (Å²) in [4.78, 5) is 10.5. The molecule has 1 fully saturated rings. The van der Waals surface area contributed by atoms with E-state index in [0.29, 0.717) is 12.3 Å². The van der Waals surface area contributed by atoms with Gasteiger partial charge in [0.05, 0.1) is 0 Å². The second-order valence-corrected chi connectivity index (χ2v) is 4.38. The molecule has 0 saturated heterocycles. The normalized spacial score (nSPS) is 16.1. The lowest BCUT2D eigenvalue weighted by molar-refractivity contribution is -0.137. The highest BCUT2D eigenvalue weighted by atomic mass is 16.4. The van der Waals surface area contributed by atoms with Gasteiger partial charge >= 0.3 is 5.97 Å². The fourth-order valence-corrected chi connectivity index (χ4v) is 2.03. The third kappa shape index (κ3) is 2.23. The van der Waals surface area contributed by atoms with E-state index in [-0.39, 0.29) is 6.42 Å². The lowest BCUT2D eigenvalue weighted by Gasteiger charge is -2.25. The number of aromatic nitrogens is 3. The van der Waals surface area contributed by atoms with Gasteiger partial charge in [0.1, 0.15) is 11.6 Å². The molecule has 5 nitrogen and oxygen atoms in total. The van der Waals surface area contributed by atoms with Crippen LogP contribution in [0.3, 0.4) is 0 Å². The van der Waals surface area contributed by atoms with E-state index in [1.807, 2.05) is 6.92 Å². The Hall–Kier alpha value is -1.39. The number of hydrogen-bond acceptors (Lipinski definition) is 3. The van der Waals surface area contributed by atoms with Crippen molar-refractivity contribution in [3.8, 4) is 0 Å². The summed E-state index contributed by atoms with van der Waals surface area (Å²) in [6.45, 7) is 2.65. The highest BCUT2D eigenvalue weighted by Crippen LogP contribution is 2.35. The molecule has 16 heavy (non-hydrogen) atoms. The van der Waals surface area contributed by atoms with Crippen LogP contribution in [-0.2, 0) is 11.3 Å². The van der Waals surface area contributed by atoms with Crippen molar-refractivity contribution in [2.24, 2.45) is 0 Å². The van der Waals surface area contributed by atoms with E-state index in [4.69, 9.17) is 5.11 Å². The fourth-order valence-electron chi connectivity index (χ4n) is 2.03. The molecule has 0 spiro atoms. The van der Waals surface area contributed by atoms with Crippen LogP contribution in [-0.4, -0.2) is 25.8 Å². The number of aliphatic carboxylic acids is 1. The van der Waals surface area contributed by atoms with Crippen LogP contribution in [0.5, 0.6) is 0 Å². The predicted molar refractivity (Wildman–Crippen MR) is 58.2 cm³/mol. The van der Waals surface area contributed by atoms with E-state index in [0.717, 1.165) is 18.2 Å². The zero-order valence-electron chi connectivity index (χ0n) is 9.52. The van der Waals surface area contributed by atoms with Crippen LogP contribution in [0.15, 0.2) is 0 Å². The molecule has 0 radical (unpaired) electrons. The highest BCUT2D eigenvalue weighted by molar-refractivity contribution is 5.66. The molecule has 1 aromatic rings.